The smallest absolute Gasteiger partial charge is 0.113 e. The van der Waals surface area contributed by atoms with Crippen LogP contribution in [-0.4, -0.2) is 19.3 Å². The van der Waals surface area contributed by atoms with Crippen molar-refractivity contribution in [1.82, 2.24) is 0 Å². The Hall–Kier alpha value is -0.500. The van der Waals surface area contributed by atoms with Crippen molar-refractivity contribution in [1.29, 1.82) is 0 Å². The van der Waals surface area contributed by atoms with Gasteiger partial charge in [0.1, 0.15) is 6.61 Å². The maximum Gasteiger partial charge on any atom is 0.113 e. The summed E-state index contributed by atoms with van der Waals surface area (Å²) in [6.45, 7) is 8.88. The molecule has 0 heterocycles. The number of rotatable bonds is 6. The summed E-state index contributed by atoms with van der Waals surface area (Å²) in [6.07, 6.45) is 2.66. The highest BCUT2D eigenvalue weighted by Crippen LogP contribution is 1.97. The maximum atomic E-state index is 5.32. The van der Waals surface area contributed by atoms with Gasteiger partial charge in [0.15, 0.2) is 0 Å². The molecule has 0 rings (SSSR count). The fraction of sp³-hybridized carbons (Fsp3) is 0.750. The summed E-state index contributed by atoms with van der Waals surface area (Å²) < 4.78 is 10.3. The lowest BCUT2D eigenvalue weighted by Crippen LogP contribution is -2.17. The summed E-state index contributed by atoms with van der Waals surface area (Å²) in [7, 11) is 0. The Morgan fingerprint density at radius 2 is 2.20 bits per heavy atom. The van der Waals surface area contributed by atoms with Crippen molar-refractivity contribution < 1.29 is 9.47 Å². The van der Waals surface area contributed by atoms with E-state index < -0.39 is 0 Å². The van der Waals surface area contributed by atoms with Gasteiger partial charge in [0.2, 0.25) is 0 Å². The van der Waals surface area contributed by atoms with Gasteiger partial charge in [-0.25, -0.2) is 0 Å². The van der Waals surface area contributed by atoms with Crippen LogP contribution in [0, 0.1) is 0 Å². The molecule has 0 aromatic heterocycles. The fourth-order valence-corrected chi connectivity index (χ4v) is 0.695. The van der Waals surface area contributed by atoms with Gasteiger partial charge in [-0.05, 0) is 13.3 Å². The average Bonchev–Trinajstić information content (AvgIpc) is 1.98. The molecule has 60 valence electrons. The van der Waals surface area contributed by atoms with Crippen LogP contribution in [0.1, 0.15) is 20.3 Å². The second-order valence-electron chi connectivity index (χ2n) is 1.99. The number of hydrogen-bond acceptors (Lipinski definition) is 2. The lowest BCUT2D eigenvalue weighted by atomic mass is 10.3. The van der Waals surface area contributed by atoms with Gasteiger partial charge in [-0.1, -0.05) is 13.5 Å². The zero-order chi connectivity index (χ0) is 7.82. The van der Waals surface area contributed by atoms with E-state index in [4.69, 9.17) is 9.47 Å². The van der Waals surface area contributed by atoms with Crippen LogP contribution in [0.25, 0.3) is 0 Å². The minimum atomic E-state index is 0.225. The van der Waals surface area contributed by atoms with Gasteiger partial charge < -0.3 is 9.47 Å². The molecule has 0 amide bonds. The second kappa shape index (κ2) is 6.62. The predicted molar refractivity (Wildman–Crippen MR) is 41.9 cm³/mol. The van der Waals surface area contributed by atoms with Gasteiger partial charge in [-0.15, -0.1) is 0 Å². The Morgan fingerprint density at radius 3 is 2.60 bits per heavy atom. The molecule has 0 fully saturated rings. The number of hydrogen-bond donors (Lipinski definition) is 0. The molecule has 0 aliphatic heterocycles. The first-order valence-electron chi connectivity index (χ1n) is 3.69. The van der Waals surface area contributed by atoms with Gasteiger partial charge >= 0.3 is 0 Å². The van der Waals surface area contributed by atoms with Crippen LogP contribution in [0.2, 0.25) is 0 Å². The first-order valence-corrected chi connectivity index (χ1v) is 3.69. The zero-order valence-corrected chi connectivity index (χ0v) is 6.80. The van der Waals surface area contributed by atoms with E-state index in [1.807, 2.05) is 6.92 Å². The summed E-state index contributed by atoms with van der Waals surface area (Å²) in [4.78, 5) is 0. The molecule has 10 heavy (non-hydrogen) atoms. The highest BCUT2D eigenvalue weighted by atomic mass is 16.5. The van der Waals surface area contributed by atoms with E-state index in [0.29, 0.717) is 6.61 Å². The molecule has 0 aliphatic carbocycles. The molecule has 2 heteroatoms. The quantitative estimate of drug-likeness (QED) is 0.530. The SMILES string of the molecule is C=COCC(CC)OCC. The summed E-state index contributed by atoms with van der Waals surface area (Å²) >= 11 is 0. The molecule has 0 saturated carbocycles. The highest BCUT2D eigenvalue weighted by molar-refractivity contribution is 4.56. The van der Waals surface area contributed by atoms with E-state index in [1.54, 1.807) is 0 Å². The van der Waals surface area contributed by atoms with Crippen molar-refractivity contribution in [3.05, 3.63) is 12.8 Å². The molecule has 0 saturated heterocycles. The predicted octanol–water partition coefficient (Wildman–Crippen LogP) is 1.96. The van der Waals surface area contributed by atoms with E-state index in [-0.39, 0.29) is 6.10 Å². The van der Waals surface area contributed by atoms with Gasteiger partial charge in [-0.2, -0.15) is 0 Å². The Labute approximate surface area is 62.8 Å². The van der Waals surface area contributed by atoms with Crippen molar-refractivity contribution in [2.24, 2.45) is 0 Å². The Kier molecular flexibility index (Phi) is 6.29. The van der Waals surface area contributed by atoms with Crippen LogP contribution in [0.15, 0.2) is 12.8 Å². The van der Waals surface area contributed by atoms with Crippen molar-refractivity contribution in [2.75, 3.05) is 13.2 Å². The van der Waals surface area contributed by atoms with Crippen LogP contribution in [0.4, 0.5) is 0 Å². The van der Waals surface area contributed by atoms with Crippen molar-refractivity contribution in [3.63, 3.8) is 0 Å². The Balaban J connectivity index is 3.29. The van der Waals surface area contributed by atoms with Gasteiger partial charge in [-0.3, -0.25) is 0 Å². The third kappa shape index (κ3) is 4.39. The average molecular weight is 144 g/mol. The summed E-state index contributed by atoms with van der Waals surface area (Å²) in [5.41, 5.74) is 0. The molecule has 0 radical (unpaired) electrons. The van der Waals surface area contributed by atoms with Crippen molar-refractivity contribution in [3.8, 4) is 0 Å². The summed E-state index contributed by atoms with van der Waals surface area (Å²) in [5.74, 6) is 0. The van der Waals surface area contributed by atoms with E-state index >= 15 is 0 Å². The molecule has 0 aromatic carbocycles. The lowest BCUT2D eigenvalue weighted by molar-refractivity contribution is 0.0132. The Bertz CT molecular complexity index is 81.3. The standard InChI is InChI=1S/C8H16O2/c1-4-8(10-6-3)7-9-5-2/h5,8H,2,4,6-7H2,1,3H3. The summed E-state index contributed by atoms with van der Waals surface area (Å²) in [5, 5.41) is 0. The molecule has 2 nitrogen and oxygen atoms in total. The number of ether oxygens (including phenoxy) is 2. The largest absolute Gasteiger partial charge is 0.499 e. The van der Waals surface area contributed by atoms with E-state index in [2.05, 4.69) is 13.5 Å². The summed E-state index contributed by atoms with van der Waals surface area (Å²) in [6, 6.07) is 0. The molecule has 1 unspecified atom stereocenters. The first kappa shape index (κ1) is 9.50. The zero-order valence-electron chi connectivity index (χ0n) is 6.80. The molecule has 1 atom stereocenters. The minimum absolute atomic E-state index is 0.225. The van der Waals surface area contributed by atoms with Gasteiger partial charge in [0, 0.05) is 6.61 Å². The van der Waals surface area contributed by atoms with Crippen molar-refractivity contribution >= 4 is 0 Å². The van der Waals surface area contributed by atoms with Gasteiger partial charge in [0.05, 0.1) is 12.4 Å². The molecule has 0 N–H and O–H groups in total. The molecular weight excluding hydrogens is 128 g/mol. The van der Waals surface area contributed by atoms with Crippen molar-refractivity contribution in [2.45, 2.75) is 26.4 Å². The third-order valence-electron chi connectivity index (χ3n) is 1.26. The monoisotopic (exact) mass is 144 g/mol. The molecule has 0 bridgehead atoms. The maximum absolute atomic E-state index is 5.32. The van der Waals surface area contributed by atoms with Gasteiger partial charge in [0.25, 0.3) is 0 Å². The highest BCUT2D eigenvalue weighted by Gasteiger charge is 2.03. The molecule has 0 aromatic rings. The van der Waals surface area contributed by atoms with Crippen LogP contribution >= 0.6 is 0 Å². The lowest BCUT2D eigenvalue weighted by Gasteiger charge is -2.13. The van der Waals surface area contributed by atoms with E-state index in [0.717, 1.165) is 13.0 Å². The van der Waals surface area contributed by atoms with E-state index in [9.17, 15) is 0 Å². The van der Waals surface area contributed by atoms with Crippen LogP contribution in [0.3, 0.4) is 0 Å². The minimum Gasteiger partial charge on any atom is -0.499 e. The van der Waals surface area contributed by atoms with E-state index in [1.165, 1.54) is 6.26 Å². The Morgan fingerprint density at radius 1 is 1.50 bits per heavy atom. The van der Waals surface area contributed by atoms with Crippen LogP contribution in [0.5, 0.6) is 0 Å². The molecular formula is C8H16O2. The molecule has 0 aliphatic rings. The first-order chi connectivity index (χ1) is 4.85. The van der Waals surface area contributed by atoms with Crippen LogP contribution < -0.4 is 0 Å². The van der Waals surface area contributed by atoms with Crippen LogP contribution in [-0.2, 0) is 9.47 Å². The third-order valence-corrected chi connectivity index (χ3v) is 1.26. The molecule has 0 spiro atoms. The normalized spacial score (nSPS) is 12.6. The topological polar surface area (TPSA) is 18.5 Å². The fourth-order valence-electron chi connectivity index (χ4n) is 0.695. The second-order valence-corrected chi connectivity index (χ2v) is 1.99.